The highest BCUT2D eigenvalue weighted by Gasteiger charge is 2.41. The highest BCUT2D eigenvalue weighted by molar-refractivity contribution is 5.79. The Labute approximate surface area is 141 Å². The van der Waals surface area contributed by atoms with Crippen molar-refractivity contribution in [3.8, 4) is 5.75 Å². The van der Waals surface area contributed by atoms with Gasteiger partial charge in [-0.15, -0.1) is 0 Å². The Kier molecular flexibility index (Phi) is 5.80. The summed E-state index contributed by atoms with van der Waals surface area (Å²) < 4.78 is 5.24. The number of β-amino-alcohol motifs (C(OH)–C–C–N with tert-alkyl or cyclic N) is 1. The van der Waals surface area contributed by atoms with E-state index >= 15 is 0 Å². The minimum absolute atomic E-state index is 0.0297. The summed E-state index contributed by atoms with van der Waals surface area (Å²) in [6, 6.07) is 7.28. The maximum absolute atomic E-state index is 12.5. The van der Waals surface area contributed by atoms with Gasteiger partial charge in [-0.05, 0) is 12.5 Å². The lowest BCUT2D eigenvalue weighted by molar-refractivity contribution is -0.149. The Morgan fingerprint density at radius 1 is 1.42 bits per heavy atom. The zero-order valence-electron chi connectivity index (χ0n) is 14.0. The van der Waals surface area contributed by atoms with E-state index in [1.807, 2.05) is 18.2 Å². The molecule has 0 unspecified atom stereocenters. The number of amides is 2. The molecule has 1 aliphatic heterocycles. The van der Waals surface area contributed by atoms with Crippen LogP contribution in [-0.4, -0.2) is 65.4 Å². The normalized spacial score (nSPS) is 23.7. The second kappa shape index (κ2) is 7.63. The van der Waals surface area contributed by atoms with Gasteiger partial charge in [-0.25, -0.2) is 0 Å². The summed E-state index contributed by atoms with van der Waals surface area (Å²) in [5.74, 6) is 0.232. The number of hydrogen-bond acceptors (Lipinski definition) is 5. The molecule has 7 nitrogen and oxygen atoms in total. The number of aliphatic hydroxyl groups is 2. The van der Waals surface area contributed by atoms with Crippen LogP contribution in [0.2, 0.25) is 0 Å². The van der Waals surface area contributed by atoms with Gasteiger partial charge >= 0.3 is 0 Å². The lowest BCUT2D eigenvalue weighted by Crippen LogP contribution is -2.61. The molecule has 1 saturated heterocycles. The molecule has 1 aromatic rings. The predicted molar refractivity (Wildman–Crippen MR) is 87.5 cm³/mol. The molecule has 1 aliphatic rings. The van der Waals surface area contributed by atoms with Crippen LogP contribution < -0.4 is 10.1 Å². The van der Waals surface area contributed by atoms with Gasteiger partial charge in [0.1, 0.15) is 17.5 Å². The molecule has 0 aliphatic carbocycles. The Balaban J connectivity index is 1.97. The number of ether oxygens (including phenoxy) is 1. The molecule has 7 heteroatoms. The number of rotatable bonds is 5. The zero-order valence-corrected chi connectivity index (χ0v) is 14.0. The van der Waals surface area contributed by atoms with Crippen molar-refractivity contribution in [1.82, 2.24) is 10.2 Å². The number of hydrogen-bond donors (Lipinski definition) is 3. The fraction of sp³-hybridized carbons (Fsp3) is 0.529. The molecular formula is C17H24N2O5. The van der Waals surface area contributed by atoms with Gasteiger partial charge < -0.3 is 25.2 Å². The summed E-state index contributed by atoms with van der Waals surface area (Å²) in [5, 5.41) is 23.2. The summed E-state index contributed by atoms with van der Waals surface area (Å²) in [6.45, 7) is 1.67. The Hall–Kier alpha value is -2.12. The molecular weight excluding hydrogens is 312 g/mol. The van der Waals surface area contributed by atoms with Gasteiger partial charge in [0.15, 0.2) is 0 Å². The van der Waals surface area contributed by atoms with Crippen LogP contribution in [0.5, 0.6) is 5.75 Å². The third kappa shape index (κ3) is 4.24. The number of nitrogens with zero attached hydrogens (tertiary/aromatic N) is 1. The van der Waals surface area contributed by atoms with Crippen LogP contribution in [0.4, 0.5) is 0 Å². The largest absolute Gasteiger partial charge is 0.496 e. The quantitative estimate of drug-likeness (QED) is 0.685. The molecule has 24 heavy (non-hydrogen) atoms. The van der Waals surface area contributed by atoms with Crippen LogP contribution in [0.15, 0.2) is 24.3 Å². The van der Waals surface area contributed by atoms with Gasteiger partial charge in [0.25, 0.3) is 0 Å². The molecule has 1 fully saturated rings. The lowest BCUT2D eigenvalue weighted by atomic mass is 9.88. The van der Waals surface area contributed by atoms with E-state index in [0.29, 0.717) is 12.3 Å². The first-order valence-corrected chi connectivity index (χ1v) is 7.90. The average molecular weight is 336 g/mol. The number of para-hydroxylation sites is 1. The van der Waals surface area contributed by atoms with E-state index in [9.17, 15) is 19.8 Å². The van der Waals surface area contributed by atoms with Crippen molar-refractivity contribution >= 4 is 11.8 Å². The molecule has 1 heterocycles. The molecule has 0 saturated carbocycles. The molecule has 2 amide bonds. The van der Waals surface area contributed by atoms with Crippen molar-refractivity contribution in [2.45, 2.75) is 31.5 Å². The highest BCUT2D eigenvalue weighted by Crippen LogP contribution is 2.24. The van der Waals surface area contributed by atoms with Crippen LogP contribution in [0.3, 0.4) is 0 Å². The van der Waals surface area contributed by atoms with E-state index in [1.54, 1.807) is 13.2 Å². The van der Waals surface area contributed by atoms with Crippen LogP contribution in [-0.2, 0) is 16.0 Å². The van der Waals surface area contributed by atoms with Gasteiger partial charge in [-0.3, -0.25) is 9.59 Å². The van der Waals surface area contributed by atoms with E-state index in [1.165, 1.54) is 11.8 Å². The van der Waals surface area contributed by atoms with Crippen molar-refractivity contribution < 1.29 is 24.5 Å². The van der Waals surface area contributed by atoms with Crippen molar-refractivity contribution in [3.05, 3.63) is 29.8 Å². The predicted octanol–water partition coefficient (Wildman–Crippen LogP) is -0.302. The van der Waals surface area contributed by atoms with E-state index < -0.39 is 11.7 Å². The Morgan fingerprint density at radius 2 is 2.12 bits per heavy atom. The third-order valence-corrected chi connectivity index (χ3v) is 4.36. The summed E-state index contributed by atoms with van der Waals surface area (Å²) in [7, 11) is 1.55. The molecule has 2 rings (SSSR count). The van der Waals surface area contributed by atoms with E-state index in [-0.39, 0.29) is 37.7 Å². The lowest BCUT2D eigenvalue weighted by Gasteiger charge is -2.42. The fourth-order valence-corrected chi connectivity index (χ4v) is 2.80. The number of benzene rings is 1. The molecule has 0 radical (unpaired) electrons. The second-order valence-electron chi connectivity index (χ2n) is 6.11. The first kappa shape index (κ1) is 18.2. The van der Waals surface area contributed by atoms with Crippen molar-refractivity contribution in [1.29, 1.82) is 0 Å². The average Bonchev–Trinajstić information content (AvgIpc) is 2.56. The fourth-order valence-electron chi connectivity index (χ4n) is 2.80. The van der Waals surface area contributed by atoms with Gasteiger partial charge in [0, 0.05) is 32.1 Å². The molecule has 3 N–H and O–H groups in total. The smallest absolute Gasteiger partial charge is 0.227 e. The number of likely N-dealkylation sites (tertiary alicyclic amines) is 1. The Bertz CT molecular complexity index is 606. The summed E-state index contributed by atoms with van der Waals surface area (Å²) in [5.41, 5.74) is -0.633. The van der Waals surface area contributed by atoms with Crippen molar-refractivity contribution in [2.24, 2.45) is 0 Å². The van der Waals surface area contributed by atoms with E-state index in [2.05, 4.69) is 5.32 Å². The first-order chi connectivity index (χ1) is 11.4. The molecule has 1 aromatic carbocycles. The number of aliphatic hydroxyl groups excluding tert-OH is 1. The number of methoxy groups -OCH3 is 1. The zero-order chi connectivity index (χ0) is 17.7. The second-order valence-corrected chi connectivity index (χ2v) is 6.11. The van der Waals surface area contributed by atoms with Crippen LogP contribution in [0.25, 0.3) is 0 Å². The van der Waals surface area contributed by atoms with Gasteiger partial charge in [-0.1, -0.05) is 18.2 Å². The molecule has 2 atom stereocenters. The maximum Gasteiger partial charge on any atom is 0.227 e. The highest BCUT2D eigenvalue weighted by atomic mass is 16.5. The topological polar surface area (TPSA) is 99.1 Å². The minimum Gasteiger partial charge on any atom is -0.496 e. The molecule has 0 aromatic heterocycles. The molecule has 0 bridgehead atoms. The first-order valence-electron chi connectivity index (χ1n) is 7.90. The summed E-state index contributed by atoms with van der Waals surface area (Å²) >= 11 is 0. The standard InChI is InChI=1S/C17H24N2O5/c1-12(20)18-11-17(23)7-8-19(10-15(17)21)16(22)9-13-5-3-4-6-14(13)24-2/h3-6,15,21,23H,7-11H2,1-2H3,(H,18,20)/t15-,17-/m1/s1. The summed E-state index contributed by atoms with van der Waals surface area (Å²) in [6.07, 6.45) is -0.743. The van der Waals surface area contributed by atoms with Crippen molar-refractivity contribution in [3.63, 3.8) is 0 Å². The monoisotopic (exact) mass is 336 g/mol. The SMILES string of the molecule is COc1ccccc1CC(=O)N1CC[C@@](O)(CNC(C)=O)[C@H](O)C1. The molecule has 0 spiro atoms. The third-order valence-electron chi connectivity index (χ3n) is 4.36. The van der Waals surface area contributed by atoms with Crippen molar-refractivity contribution in [2.75, 3.05) is 26.7 Å². The van der Waals surface area contributed by atoms with Gasteiger partial charge in [0.05, 0.1) is 13.5 Å². The number of piperidine rings is 1. The van der Waals surface area contributed by atoms with Gasteiger partial charge in [0.2, 0.25) is 11.8 Å². The summed E-state index contributed by atoms with van der Waals surface area (Å²) in [4.78, 5) is 25.0. The molecule has 132 valence electrons. The maximum atomic E-state index is 12.5. The Morgan fingerprint density at radius 3 is 2.75 bits per heavy atom. The van der Waals surface area contributed by atoms with Crippen LogP contribution in [0.1, 0.15) is 18.9 Å². The number of carbonyl (C=O) groups is 2. The van der Waals surface area contributed by atoms with Gasteiger partial charge in [-0.2, -0.15) is 0 Å². The van der Waals surface area contributed by atoms with E-state index in [4.69, 9.17) is 4.74 Å². The minimum atomic E-state index is -1.41. The number of carbonyl (C=O) groups excluding carboxylic acids is 2. The van der Waals surface area contributed by atoms with Crippen LogP contribution in [0, 0.1) is 0 Å². The number of nitrogens with one attached hydrogen (secondary N) is 1. The van der Waals surface area contributed by atoms with Crippen LogP contribution >= 0.6 is 0 Å². The van der Waals surface area contributed by atoms with E-state index in [0.717, 1.165) is 5.56 Å².